The van der Waals surface area contributed by atoms with E-state index in [2.05, 4.69) is 13.8 Å². The second kappa shape index (κ2) is 2.97. The lowest BCUT2D eigenvalue weighted by atomic mass is 9.84. The van der Waals surface area contributed by atoms with Crippen LogP contribution in [0.25, 0.3) is 0 Å². The number of hydrogen-bond donors (Lipinski definition) is 0. The average Bonchev–Trinajstić information content (AvgIpc) is 2.53. The zero-order valence-corrected chi connectivity index (χ0v) is 8.49. The van der Waals surface area contributed by atoms with Gasteiger partial charge in [0.15, 0.2) is 0 Å². The zero-order chi connectivity index (χ0) is 9.64. The van der Waals surface area contributed by atoms with E-state index in [1.807, 2.05) is 5.06 Å². The van der Waals surface area contributed by atoms with Crippen LogP contribution in [0, 0.1) is 5.92 Å². The van der Waals surface area contributed by atoms with Gasteiger partial charge in [-0.3, -0.25) is 0 Å². The smallest absolute Gasteiger partial charge is 0.111 e. The fourth-order valence-electron chi connectivity index (χ4n) is 2.71. The lowest BCUT2D eigenvalue weighted by Crippen LogP contribution is -2.46. The van der Waals surface area contributed by atoms with Crippen LogP contribution in [-0.4, -0.2) is 44.2 Å². The molecule has 3 nitrogen and oxygen atoms in total. The van der Waals surface area contributed by atoms with Gasteiger partial charge in [-0.15, -0.1) is 0 Å². The maximum Gasteiger partial charge on any atom is 0.111 e. The van der Waals surface area contributed by atoms with Crippen molar-refractivity contribution in [1.82, 2.24) is 5.06 Å². The first-order valence-corrected chi connectivity index (χ1v) is 4.89. The Balaban J connectivity index is 2.24. The molecule has 0 aromatic carbocycles. The molecule has 4 atom stereocenters. The predicted octanol–water partition coefficient (Wildman–Crippen LogP) is 0.542. The summed E-state index contributed by atoms with van der Waals surface area (Å²) in [5, 5.41) is 1.96. The lowest BCUT2D eigenvalue weighted by molar-refractivity contribution is -0.203. The lowest BCUT2D eigenvalue weighted by Gasteiger charge is -2.34. The molecule has 1 unspecified atom stereocenters. The topological polar surface area (TPSA) is 21.7 Å². The zero-order valence-electron chi connectivity index (χ0n) is 8.49. The molecule has 2 bridgehead atoms. The Morgan fingerprint density at radius 3 is 2.77 bits per heavy atom. The normalized spacial score (nSPS) is 50.2. The molecule has 2 saturated heterocycles. The fraction of sp³-hybridized carbons (Fsp3) is 1.00. The van der Waals surface area contributed by atoms with Gasteiger partial charge >= 0.3 is 0 Å². The maximum atomic E-state index is 5.89. The number of hydroxylamine groups is 2. The van der Waals surface area contributed by atoms with Crippen molar-refractivity contribution in [3.05, 3.63) is 0 Å². The molecule has 2 rings (SSSR count). The van der Waals surface area contributed by atoms with Gasteiger partial charge in [-0.1, -0.05) is 13.8 Å². The molecule has 2 fully saturated rings. The van der Waals surface area contributed by atoms with Gasteiger partial charge in [-0.05, 0) is 6.42 Å². The molecule has 0 aliphatic carbocycles. The Labute approximate surface area is 80.7 Å². The van der Waals surface area contributed by atoms with E-state index >= 15 is 0 Å². The summed E-state index contributed by atoms with van der Waals surface area (Å²) in [6.07, 6.45) is 0.998. The number of nitrogens with zero attached hydrogens (tertiary/aromatic N) is 1. The van der Waals surface area contributed by atoms with Gasteiger partial charge in [0.05, 0.1) is 25.3 Å². The molecule has 0 amide bonds. The van der Waals surface area contributed by atoms with Gasteiger partial charge in [0.25, 0.3) is 0 Å². The molecule has 0 saturated carbocycles. The predicted molar refractivity (Wildman–Crippen MR) is 50.3 cm³/mol. The Hall–Kier alpha value is -0.0551. The third-order valence-corrected chi connectivity index (χ3v) is 3.64. The molecule has 72 valence electrons. The van der Waals surface area contributed by atoms with Crippen LogP contribution in [0.5, 0.6) is 0 Å². The molecule has 2 radical (unpaired) electrons. The van der Waals surface area contributed by atoms with E-state index in [0.717, 1.165) is 13.0 Å². The summed E-state index contributed by atoms with van der Waals surface area (Å²) in [6.45, 7) is 5.18. The summed E-state index contributed by atoms with van der Waals surface area (Å²) >= 11 is 0. The molecule has 0 spiro atoms. The van der Waals surface area contributed by atoms with Crippen molar-refractivity contribution >= 4 is 7.85 Å². The number of ether oxygens (including phenoxy) is 1. The van der Waals surface area contributed by atoms with Gasteiger partial charge < -0.3 is 9.57 Å². The third-order valence-electron chi connectivity index (χ3n) is 3.64. The highest BCUT2D eigenvalue weighted by molar-refractivity contribution is 6.11. The van der Waals surface area contributed by atoms with Crippen LogP contribution in [0.15, 0.2) is 0 Å². The van der Waals surface area contributed by atoms with Crippen LogP contribution >= 0.6 is 0 Å². The minimum Gasteiger partial charge on any atom is -0.378 e. The van der Waals surface area contributed by atoms with Crippen molar-refractivity contribution < 1.29 is 9.57 Å². The monoisotopic (exact) mass is 181 g/mol. The van der Waals surface area contributed by atoms with Crippen LogP contribution < -0.4 is 0 Å². The van der Waals surface area contributed by atoms with Crippen LogP contribution in [0.1, 0.15) is 20.3 Å². The molecule has 0 aromatic rings. The third kappa shape index (κ3) is 1.09. The highest BCUT2D eigenvalue weighted by atomic mass is 16.7. The number of rotatable bonds is 2. The largest absolute Gasteiger partial charge is 0.378 e. The Bertz CT molecular complexity index is 214. The summed E-state index contributed by atoms with van der Waals surface area (Å²) in [4.78, 5) is 5.29. The molecule has 2 aliphatic rings. The number of hydrogen-bond acceptors (Lipinski definition) is 3. The average molecular weight is 181 g/mol. The summed E-state index contributed by atoms with van der Waals surface area (Å²) in [6, 6.07) is 0.0357. The fourth-order valence-corrected chi connectivity index (χ4v) is 2.71. The summed E-state index contributed by atoms with van der Waals surface area (Å²) in [5.74, 6) is 0.465. The van der Waals surface area contributed by atoms with Gasteiger partial charge in [0.2, 0.25) is 0 Å². The van der Waals surface area contributed by atoms with Crippen LogP contribution in [-0.2, 0) is 9.57 Å². The first kappa shape index (κ1) is 9.50. The SMILES string of the molecule is [B][C@@H]1O[C@@]2(CC)CN(OC)C1[C@H]2C. The van der Waals surface area contributed by atoms with Crippen molar-refractivity contribution in [3.8, 4) is 0 Å². The highest BCUT2D eigenvalue weighted by Gasteiger charge is 2.59. The van der Waals surface area contributed by atoms with E-state index in [1.165, 1.54) is 0 Å². The molecule has 2 aliphatic heterocycles. The Morgan fingerprint density at radius 1 is 1.69 bits per heavy atom. The maximum absolute atomic E-state index is 5.89. The molecule has 4 heteroatoms. The van der Waals surface area contributed by atoms with Crippen molar-refractivity contribution in [2.75, 3.05) is 13.7 Å². The van der Waals surface area contributed by atoms with Crippen LogP contribution in [0.2, 0.25) is 0 Å². The van der Waals surface area contributed by atoms with E-state index < -0.39 is 0 Å². The molecule has 13 heavy (non-hydrogen) atoms. The van der Waals surface area contributed by atoms with Crippen molar-refractivity contribution in [2.45, 2.75) is 37.9 Å². The van der Waals surface area contributed by atoms with Crippen LogP contribution in [0.3, 0.4) is 0 Å². The minimum absolute atomic E-state index is 0.0694. The Morgan fingerprint density at radius 2 is 2.38 bits per heavy atom. The second-order valence-corrected chi connectivity index (χ2v) is 4.04. The van der Waals surface area contributed by atoms with E-state index in [9.17, 15) is 0 Å². The van der Waals surface area contributed by atoms with Crippen LogP contribution in [0.4, 0.5) is 0 Å². The number of morpholine rings is 1. The van der Waals surface area contributed by atoms with Gasteiger partial charge in [0.1, 0.15) is 7.85 Å². The van der Waals surface area contributed by atoms with E-state index in [4.69, 9.17) is 17.4 Å². The van der Waals surface area contributed by atoms with Gasteiger partial charge in [-0.2, -0.15) is 5.06 Å². The first-order chi connectivity index (χ1) is 6.14. The summed E-state index contributed by atoms with van der Waals surface area (Å²) in [7, 11) is 7.59. The molecule has 0 aromatic heterocycles. The quantitative estimate of drug-likeness (QED) is 0.580. The standard InChI is InChI=1S/C9H16BNO2/c1-4-9-5-11(12-3)7(6(9)2)8(10)13-9/h6-8H,4-5H2,1-3H3/t6-,7?,8-,9+/m1/s1. The summed E-state index contributed by atoms with van der Waals surface area (Å²) < 4.78 is 5.80. The van der Waals surface area contributed by atoms with Crippen molar-refractivity contribution in [2.24, 2.45) is 5.92 Å². The van der Waals surface area contributed by atoms with Crippen molar-refractivity contribution in [1.29, 1.82) is 0 Å². The van der Waals surface area contributed by atoms with Gasteiger partial charge in [-0.25, -0.2) is 0 Å². The van der Waals surface area contributed by atoms with E-state index in [1.54, 1.807) is 7.11 Å². The molecule has 2 heterocycles. The first-order valence-electron chi connectivity index (χ1n) is 4.89. The van der Waals surface area contributed by atoms with E-state index in [0.29, 0.717) is 5.92 Å². The minimum atomic E-state index is -0.191. The Kier molecular flexibility index (Phi) is 2.17. The highest BCUT2D eigenvalue weighted by Crippen LogP contribution is 2.46. The van der Waals surface area contributed by atoms with Gasteiger partial charge in [0, 0.05) is 11.9 Å². The van der Waals surface area contributed by atoms with Crippen molar-refractivity contribution in [3.63, 3.8) is 0 Å². The molecule has 0 N–H and O–H groups in total. The molecular weight excluding hydrogens is 165 g/mol. The van der Waals surface area contributed by atoms with E-state index in [-0.39, 0.29) is 17.6 Å². The number of fused-ring (bicyclic) bond motifs is 2. The second-order valence-electron chi connectivity index (χ2n) is 4.04. The summed E-state index contributed by atoms with van der Waals surface area (Å²) in [5.41, 5.74) is -0.0694. The molecular formula is C9H16BNO2.